The first-order chi connectivity index (χ1) is 5.72. The molecule has 0 aliphatic heterocycles. The van der Waals surface area contributed by atoms with E-state index in [-0.39, 0.29) is 11.7 Å². The zero-order valence-corrected chi connectivity index (χ0v) is 8.34. The summed E-state index contributed by atoms with van der Waals surface area (Å²) in [6, 6.07) is 5.88. The molecule has 2 nitrogen and oxygen atoms in total. The van der Waals surface area contributed by atoms with Gasteiger partial charge < -0.3 is 0 Å². The molecule has 0 radical (unpaired) electrons. The van der Waals surface area contributed by atoms with Gasteiger partial charge in [-0.05, 0) is 17.7 Å². The standard InChI is InChI=1S/C8H7FINO/c9-7-3-1-6(2-4-7)5-8(12)11-10/h1-4H,5H2,(H,11,12). The zero-order chi connectivity index (χ0) is 8.97. The van der Waals surface area contributed by atoms with Crippen molar-refractivity contribution in [2.24, 2.45) is 0 Å². The lowest BCUT2D eigenvalue weighted by Gasteiger charge is -1.97. The number of rotatable bonds is 2. The number of halogens is 2. The van der Waals surface area contributed by atoms with E-state index in [2.05, 4.69) is 3.53 Å². The summed E-state index contributed by atoms with van der Waals surface area (Å²) >= 11 is 1.77. The van der Waals surface area contributed by atoms with Gasteiger partial charge in [0.2, 0.25) is 5.91 Å². The van der Waals surface area contributed by atoms with Gasteiger partial charge in [-0.25, -0.2) is 4.39 Å². The van der Waals surface area contributed by atoms with Crippen LogP contribution < -0.4 is 3.53 Å². The molecule has 4 heteroatoms. The van der Waals surface area contributed by atoms with Gasteiger partial charge in [0, 0.05) is 0 Å². The topological polar surface area (TPSA) is 29.1 Å². The fourth-order valence-corrected chi connectivity index (χ4v) is 1.01. The van der Waals surface area contributed by atoms with Crippen LogP contribution in [-0.4, -0.2) is 5.91 Å². The number of nitrogens with one attached hydrogen (secondary N) is 1. The molecular formula is C8H7FINO. The summed E-state index contributed by atoms with van der Waals surface area (Å²) in [5.41, 5.74) is 0.811. The van der Waals surface area contributed by atoms with E-state index in [0.717, 1.165) is 5.56 Å². The van der Waals surface area contributed by atoms with Crippen LogP contribution in [0, 0.1) is 5.82 Å². The Balaban J connectivity index is 2.64. The SMILES string of the molecule is O=C(Cc1ccc(F)cc1)NI. The van der Waals surface area contributed by atoms with Gasteiger partial charge in [0.05, 0.1) is 29.3 Å². The maximum atomic E-state index is 12.4. The van der Waals surface area contributed by atoms with Crippen molar-refractivity contribution in [3.8, 4) is 0 Å². The molecule has 0 aliphatic rings. The first kappa shape index (κ1) is 9.44. The van der Waals surface area contributed by atoms with Crippen molar-refractivity contribution < 1.29 is 9.18 Å². The minimum absolute atomic E-state index is 0.0813. The van der Waals surface area contributed by atoms with Gasteiger partial charge in [0.25, 0.3) is 0 Å². The number of carbonyl (C=O) groups excluding carboxylic acids is 1. The molecule has 0 unspecified atom stereocenters. The van der Waals surface area contributed by atoms with Crippen LogP contribution >= 0.6 is 22.9 Å². The summed E-state index contributed by atoms with van der Waals surface area (Å²) in [7, 11) is 0. The zero-order valence-electron chi connectivity index (χ0n) is 6.18. The van der Waals surface area contributed by atoms with Crippen LogP contribution in [0.3, 0.4) is 0 Å². The third-order valence-electron chi connectivity index (χ3n) is 1.38. The average molecular weight is 279 g/mol. The molecule has 1 N–H and O–H groups in total. The van der Waals surface area contributed by atoms with Crippen molar-refractivity contribution in [3.05, 3.63) is 35.6 Å². The Labute approximate surface area is 83.7 Å². The van der Waals surface area contributed by atoms with Gasteiger partial charge >= 0.3 is 0 Å². The molecule has 0 saturated carbocycles. The largest absolute Gasteiger partial charge is 0.299 e. The van der Waals surface area contributed by atoms with Crippen LogP contribution in [0.15, 0.2) is 24.3 Å². The molecule has 0 bridgehead atoms. The average Bonchev–Trinajstić information content (AvgIpc) is 2.09. The van der Waals surface area contributed by atoms with E-state index in [1.54, 1.807) is 35.0 Å². The molecule has 0 spiro atoms. The number of amides is 1. The van der Waals surface area contributed by atoms with E-state index in [0.29, 0.717) is 6.42 Å². The highest BCUT2D eigenvalue weighted by Crippen LogP contribution is 2.03. The van der Waals surface area contributed by atoms with E-state index < -0.39 is 0 Å². The quantitative estimate of drug-likeness (QED) is 0.649. The predicted octanol–water partition coefficient (Wildman–Crippen LogP) is 1.83. The second-order valence-corrected chi connectivity index (χ2v) is 2.86. The summed E-state index contributed by atoms with van der Waals surface area (Å²) < 4.78 is 14.9. The molecule has 12 heavy (non-hydrogen) atoms. The van der Waals surface area contributed by atoms with Gasteiger partial charge in [-0.3, -0.25) is 8.32 Å². The fraction of sp³-hybridized carbons (Fsp3) is 0.125. The molecule has 1 rings (SSSR count). The smallest absolute Gasteiger partial charge is 0.233 e. The van der Waals surface area contributed by atoms with Crippen LogP contribution in [-0.2, 0) is 11.2 Å². The van der Waals surface area contributed by atoms with Crippen LogP contribution in [0.25, 0.3) is 0 Å². The Morgan fingerprint density at radius 1 is 1.42 bits per heavy atom. The summed E-state index contributed by atoms with van der Waals surface area (Å²) in [6.07, 6.45) is 0.295. The van der Waals surface area contributed by atoms with Crippen LogP contribution in [0.5, 0.6) is 0 Å². The van der Waals surface area contributed by atoms with Crippen molar-refractivity contribution in [1.82, 2.24) is 3.53 Å². The van der Waals surface area contributed by atoms with E-state index in [1.165, 1.54) is 12.1 Å². The normalized spacial score (nSPS) is 9.50. The van der Waals surface area contributed by atoms with E-state index >= 15 is 0 Å². The highest BCUT2D eigenvalue weighted by atomic mass is 127. The monoisotopic (exact) mass is 279 g/mol. The van der Waals surface area contributed by atoms with Crippen LogP contribution in [0.1, 0.15) is 5.56 Å². The molecule has 1 aromatic rings. The molecule has 1 aromatic carbocycles. The van der Waals surface area contributed by atoms with Gasteiger partial charge in [0.15, 0.2) is 0 Å². The predicted molar refractivity (Wildman–Crippen MR) is 52.3 cm³/mol. The molecule has 64 valence electrons. The summed E-state index contributed by atoms with van der Waals surface area (Å²) in [6.45, 7) is 0. The van der Waals surface area contributed by atoms with Gasteiger partial charge in [-0.15, -0.1) is 0 Å². The van der Waals surface area contributed by atoms with Crippen molar-refractivity contribution in [2.75, 3.05) is 0 Å². The van der Waals surface area contributed by atoms with Crippen molar-refractivity contribution >= 4 is 28.8 Å². The third-order valence-corrected chi connectivity index (χ3v) is 1.98. The van der Waals surface area contributed by atoms with Crippen molar-refractivity contribution in [1.29, 1.82) is 0 Å². The fourth-order valence-electron chi connectivity index (χ4n) is 0.821. The lowest BCUT2D eigenvalue weighted by atomic mass is 10.1. The maximum Gasteiger partial charge on any atom is 0.233 e. The molecular weight excluding hydrogens is 272 g/mol. The van der Waals surface area contributed by atoms with Gasteiger partial charge in [-0.2, -0.15) is 0 Å². The molecule has 0 atom stereocenters. The number of hydrogen-bond acceptors (Lipinski definition) is 1. The Bertz CT molecular complexity index is 273. The van der Waals surface area contributed by atoms with Crippen molar-refractivity contribution in [3.63, 3.8) is 0 Å². The Morgan fingerprint density at radius 2 is 2.00 bits per heavy atom. The number of benzene rings is 1. The van der Waals surface area contributed by atoms with E-state index in [9.17, 15) is 9.18 Å². The molecule has 0 heterocycles. The third kappa shape index (κ3) is 2.77. The molecule has 0 saturated heterocycles. The van der Waals surface area contributed by atoms with Crippen LogP contribution in [0.4, 0.5) is 4.39 Å². The molecule has 0 aromatic heterocycles. The first-order valence-electron chi connectivity index (χ1n) is 3.36. The first-order valence-corrected chi connectivity index (χ1v) is 4.44. The minimum atomic E-state index is -0.284. The Morgan fingerprint density at radius 3 is 2.50 bits per heavy atom. The lowest BCUT2D eigenvalue weighted by Crippen LogP contribution is -2.14. The van der Waals surface area contributed by atoms with Crippen LogP contribution in [0.2, 0.25) is 0 Å². The summed E-state index contributed by atoms with van der Waals surface area (Å²) in [4.78, 5) is 10.9. The number of carbonyl (C=O) groups is 1. The molecule has 1 amide bonds. The maximum absolute atomic E-state index is 12.4. The second kappa shape index (κ2) is 4.39. The summed E-state index contributed by atoms with van der Waals surface area (Å²) in [5, 5.41) is 0. The highest BCUT2D eigenvalue weighted by molar-refractivity contribution is 14.1. The highest BCUT2D eigenvalue weighted by Gasteiger charge is 2.00. The van der Waals surface area contributed by atoms with E-state index in [1.807, 2.05) is 0 Å². The van der Waals surface area contributed by atoms with Gasteiger partial charge in [0.1, 0.15) is 5.82 Å². The Hall–Kier alpha value is -0.650. The Kier molecular flexibility index (Phi) is 3.46. The minimum Gasteiger partial charge on any atom is -0.299 e. The summed E-state index contributed by atoms with van der Waals surface area (Å²) in [5.74, 6) is -0.365. The lowest BCUT2D eigenvalue weighted by molar-refractivity contribution is -0.118. The van der Waals surface area contributed by atoms with E-state index in [4.69, 9.17) is 0 Å². The van der Waals surface area contributed by atoms with Crippen molar-refractivity contribution in [2.45, 2.75) is 6.42 Å². The van der Waals surface area contributed by atoms with Gasteiger partial charge in [-0.1, -0.05) is 12.1 Å². The molecule has 0 aliphatic carbocycles. The number of hydrogen-bond donors (Lipinski definition) is 1. The molecule has 0 fully saturated rings. The second-order valence-electron chi connectivity index (χ2n) is 2.32.